The smallest absolute Gasteiger partial charge is 0.870 e. The van der Waals surface area contributed by atoms with Crippen molar-refractivity contribution in [3.63, 3.8) is 0 Å². The number of nitrogens with one attached hydrogen (secondary N) is 1. The van der Waals surface area contributed by atoms with Gasteiger partial charge >= 0.3 is 29.6 Å². The minimum absolute atomic E-state index is 0. The van der Waals surface area contributed by atoms with Crippen LogP contribution < -0.4 is 44.7 Å². The molecule has 0 aliphatic rings. The first-order chi connectivity index (χ1) is 18.0. The fourth-order valence-electron chi connectivity index (χ4n) is 3.67. The molecule has 39 heavy (non-hydrogen) atoms. The number of carbonyl (C=O) groups is 1. The molecular formula is C26H20Cl2N3NaO6S. The Balaban J connectivity index is 0.00000420. The van der Waals surface area contributed by atoms with Crippen LogP contribution in [-0.2, 0) is 10.1 Å². The zero-order valence-electron chi connectivity index (χ0n) is 21.0. The molecule has 4 aromatic rings. The molecule has 2 N–H and O–H groups in total. The van der Waals surface area contributed by atoms with E-state index in [0.717, 1.165) is 6.07 Å². The van der Waals surface area contributed by atoms with Crippen molar-refractivity contribution >= 4 is 67.1 Å². The number of halogens is 2. The summed E-state index contributed by atoms with van der Waals surface area (Å²) in [6, 6.07) is 15.3. The molecule has 0 aliphatic carbocycles. The summed E-state index contributed by atoms with van der Waals surface area (Å²) in [5.41, 5.74) is 0.0527. The molecular weight excluding hydrogens is 576 g/mol. The molecule has 0 aliphatic heterocycles. The van der Waals surface area contributed by atoms with Crippen molar-refractivity contribution in [2.24, 2.45) is 10.2 Å². The van der Waals surface area contributed by atoms with Gasteiger partial charge in [-0.1, -0.05) is 59.3 Å². The number of ether oxygens (including phenoxy) is 1. The molecule has 0 atom stereocenters. The van der Waals surface area contributed by atoms with Gasteiger partial charge in [0.25, 0.3) is 16.0 Å². The van der Waals surface area contributed by atoms with Crippen LogP contribution in [0.5, 0.6) is 11.5 Å². The van der Waals surface area contributed by atoms with Gasteiger partial charge in [0.2, 0.25) is 0 Å². The predicted molar refractivity (Wildman–Crippen MR) is 144 cm³/mol. The van der Waals surface area contributed by atoms with Crippen molar-refractivity contribution in [3.05, 3.63) is 81.8 Å². The number of fused-ring (bicyclic) bond motifs is 1. The number of azo groups is 1. The van der Waals surface area contributed by atoms with Crippen LogP contribution >= 0.6 is 23.2 Å². The Hall–Kier alpha value is -2.70. The summed E-state index contributed by atoms with van der Waals surface area (Å²) < 4.78 is 38.8. The van der Waals surface area contributed by atoms with Gasteiger partial charge in [0.1, 0.15) is 16.3 Å². The molecule has 0 bridgehead atoms. The molecule has 0 heterocycles. The van der Waals surface area contributed by atoms with Crippen molar-refractivity contribution in [3.8, 4) is 11.5 Å². The number of hydrogen-bond acceptors (Lipinski definition) is 7. The van der Waals surface area contributed by atoms with Gasteiger partial charge in [-0.2, -0.15) is 13.5 Å². The molecule has 4 rings (SSSR count). The number of anilines is 1. The van der Waals surface area contributed by atoms with Crippen molar-refractivity contribution in [1.82, 2.24) is 0 Å². The van der Waals surface area contributed by atoms with Crippen LogP contribution in [0.3, 0.4) is 0 Å². The number of hydrogen-bond donors (Lipinski definition) is 2. The minimum Gasteiger partial charge on any atom is -0.870 e. The Morgan fingerprint density at radius 2 is 1.74 bits per heavy atom. The topological polar surface area (TPSA) is 140 Å². The first kappa shape index (κ1) is 30.8. The number of benzene rings is 4. The molecule has 0 radical (unpaired) electrons. The molecule has 0 saturated carbocycles. The van der Waals surface area contributed by atoms with Crippen LogP contribution in [0.25, 0.3) is 10.8 Å². The maximum absolute atomic E-state index is 13.4. The normalized spacial score (nSPS) is 11.4. The van der Waals surface area contributed by atoms with E-state index in [1.54, 1.807) is 50.2 Å². The monoisotopic (exact) mass is 595 g/mol. The van der Waals surface area contributed by atoms with Gasteiger partial charge in [-0.05, 0) is 49.1 Å². The molecule has 0 unspecified atom stereocenters. The average molecular weight is 596 g/mol. The van der Waals surface area contributed by atoms with Crippen LogP contribution in [0.15, 0.2) is 75.8 Å². The van der Waals surface area contributed by atoms with E-state index in [9.17, 15) is 22.9 Å². The molecule has 196 valence electrons. The van der Waals surface area contributed by atoms with Gasteiger partial charge in [0.15, 0.2) is 0 Å². The van der Waals surface area contributed by atoms with E-state index >= 15 is 0 Å². The molecule has 0 fully saturated rings. The van der Waals surface area contributed by atoms with Crippen LogP contribution in [0, 0.1) is 6.92 Å². The number of aryl methyl sites for hydroxylation is 1. The van der Waals surface area contributed by atoms with Crippen molar-refractivity contribution in [2.75, 3.05) is 11.9 Å². The first-order valence-corrected chi connectivity index (χ1v) is 13.4. The Labute approximate surface area is 256 Å². The van der Waals surface area contributed by atoms with Crippen molar-refractivity contribution < 1.29 is 57.2 Å². The summed E-state index contributed by atoms with van der Waals surface area (Å²) in [7, 11) is -4.70. The Kier molecular flexibility index (Phi) is 10.0. The van der Waals surface area contributed by atoms with Gasteiger partial charge in [-0.15, -0.1) is 5.11 Å². The molecule has 0 saturated heterocycles. The van der Waals surface area contributed by atoms with E-state index in [-0.39, 0.29) is 51.5 Å². The van der Waals surface area contributed by atoms with Gasteiger partial charge in [-0.3, -0.25) is 9.35 Å². The maximum atomic E-state index is 13.4. The van der Waals surface area contributed by atoms with Crippen LogP contribution in [-0.4, -0.2) is 25.5 Å². The zero-order chi connectivity index (χ0) is 27.6. The number of carbonyl (C=O) groups excluding carboxylic acids is 1. The zero-order valence-corrected chi connectivity index (χ0v) is 25.4. The minimum atomic E-state index is -4.70. The Morgan fingerprint density at radius 1 is 1.05 bits per heavy atom. The van der Waals surface area contributed by atoms with E-state index in [0.29, 0.717) is 39.4 Å². The van der Waals surface area contributed by atoms with E-state index in [4.69, 9.17) is 27.9 Å². The second kappa shape index (κ2) is 12.6. The molecule has 0 spiro atoms. The van der Waals surface area contributed by atoms with E-state index < -0.39 is 26.7 Å². The SMILES string of the molecule is CCOc1cc(NC(=O)c2cc3ccccc3c(N=Nc3c(S(=O)(=O)O)ccc(C)c3Cl)c2[O-])ccc1Cl.[Na+]. The van der Waals surface area contributed by atoms with Gasteiger partial charge in [0.05, 0.1) is 22.3 Å². The number of nitrogens with zero attached hydrogens (tertiary/aromatic N) is 2. The standard InChI is InChI=1S/C26H21Cl2N3O6S.Na/c1-3-37-20-13-16(9-10-19(20)27)29-26(33)18-12-15-6-4-5-7-17(15)23(25(18)32)30-31-24-21(38(34,35)36)11-8-14(2)22(24)28;/h4-13,32H,3H2,1-2H3,(H,29,33)(H,34,35,36);/q;+1/p-1. The maximum Gasteiger partial charge on any atom is 1.00 e. The molecule has 4 aromatic carbocycles. The van der Waals surface area contributed by atoms with Crippen molar-refractivity contribution in [2.45, 2.75) is 18.7 Å². The quantitative estimate of drug-likeness (QED) is 0.189. The third kappa shape index (κ3) is 6.72. The number of amides is 1. The molecule has 13 heteroatoms. The van der Waals surface area contributed by atoms with Crippen LogP contribution in [0.2, 0.25) is 10.0 Å². The van der Waals surface area contributed by atoms with Crippen LogP contribution in [0.1, 0.15) is 22.8 Å². The molecule has 0 aromatic heterocycles. The van der Waals surface area contributed by atoms with Crippen molar-refractivity contribution in [1.29, 1.82) is 0 Å². The van der Waals surface area contributed by atoms with Crippen LogP contribution in [0.4, 0.5) is 17.1 Å². The third-order valence-corrected chi connectivity index (χ3v) is 7.18. The Bertz CT molecular complexity index is 1710. The summed E-state index contributed by atoms with van der Waals surface area (Å²) in [5.74, 6) is -1.10. The van der Waals surface area contributed by atoms with Gasteiger partial charge in [-0.25, -0.2) is 0 Å². The third-order valence-electron chi connectivity index (χ3n) is 5.51. The number of rotatable bonds is 7. The van der Waals surface area contributed by atoms with Gasteiger partial charge < -0.3 is 15.2 Å². The van der Waals surface area contributed by atoms with E-state index in [1.807, 2.05) is 0 Å². The second-order valence-electron chi connectivity index (χ2n) is 8.07. The average Bonchev–Trinajstić information content (AvgIpc) is 2.86. The fourth-order valence-corrected chi connectivity index (χ4v) is 4.73. The first-order valence-electron chi connectivity index (χ1n) is 11.2. The summed E-state index contributed by atoms with van der Waals surface area (Å²) in [6.45, 7) is 3.77. The second-order valence-corrected chi connectivity index (χ2v) is 10.2. The molecule has 9 nitrogen and oxygen atoms in total. The summed E-state index contributed by atoms with van der Waals surface area (Å²) in [5, 5.41) is 25.2. The van der Waals surface area contributed by atoms with E-state index in [2.05, 4.69) is 15.5 Å². The molecule has 1 amide bonds. The van der Waals surface area contributed by atoms with Gasteiger partial charge in [0, 0.05) is 22.7 Å². The summed E-state index contributed by atoms with van der Waals surface area (Å²) in [6.07, 6.45) is 0. The summed E-state index contributed by atoms with van der Waals surface area (Å²) >= 11 is 12.4. The fraction of sp³-hybridized carbons (Fsp3) is 0.115. The Morgan fingerprint density at radius 3 is 2.44 bits per heavy atom. The van der Waals surface area contributed by atoms with E-state index in [1.165, 1.54) is 18.2 Å². The predicted octanol–water partition coefficient (Wildman–Crippen LogP) is 3.85. The summed E-state index contributed by atoms with van der Waals surface area (Å²) in [4.78, 5) is 12.6. The largest absolute Gasteiger partial charge is 1.00 e.